The van der Waals surface area contributed by atoms with Gasteiger partial charge in [-0.2, -0.15) is 0 Å². The molecule has 132 valence electrons. The first-order valence-electron chi connectivity index (χ1n) is 8.93. The molecule has 3 atom stereocenters. The maximum Gasteiger partial charge on any atom is 0.282 e. The van der Waals surface area contributed by atoms with Gasteiger partial charge in [-0.25, -0.2) is 0 Å². The van der Waals surface area contributed by atoms with Crippen molar-refractivity contribution in [2.45, 2.75) is 58.0 Å². The van der Waals surface area contributed by atoms with Gasteiger partial charge in [0.2, 0.25) is 0 Å². The molecule has 0 bridgehead atoms. The highest BCUT2D eigenvalue weighted by atomic mass is 16.2. The Bertz CT molecular complexity index is 584. The molecule has 1 aromatic carbocycles. The molecular formula is C19H30N3O2+. The summed E-state index contributed by atoms with van der Waals surface area (Å²) in [6.07, 6.45) is 3.18. The van der Waals surface area contributed by atoms with E-state index in [0.29, 0.717) is 18.5 Å². The van der Waals surface area contributed by atoms with Gasteiger partial charge in [-0.3, -0.25) is 9.59 Å². The number of rotatable bonds is 8. The standard InChI is InChI=1S/C19H29N3O2/c1-5-13(2)16-8-6-7-9-17(16)21-19(24)14(3)22(4)12-18(23)20-15-10-11-15/h6-9,13-15H,5,10-12H2,1-4H3,(H,20,23)(H,21,24)/p+1/t13-,14+/m1/s1. The van der Waals surface area contributed by atoms with Gasteiger partial charge in [-0.15, -0.1) is 0 Å². The molecule has 3 N–H and O–H groups in total. The van der Waals surface area contributed by atoms with Crippen molar-refractivity contribution in [2.24, 2.45) is 0 Å². The van der Waals surface area contributed by atoms with E-state index in [2.05, 4.69) is 30.5 Å². The van der Waals surface area contributed by atoms with E-state index >= 15 is 0 Å². The molecule has 5 heteroatoms. The van der Waals surface area contributed by atoms with Crippen LogP contribution in [0.5, 0.6) is 0 Å². The maximum atomic E-state index is 12.6. The van der Waals surface area contributed by atoms with Gasteiger partial charge in [0.15, 0.2) is 12.6 Å². The van der Waals surface area contributed by atoms with E-state index in [1.807, 2.05) is 32.2 Å². The molecule has 0 spiro atoms. The lowest BCUT2D eigenvalue weighted by molar-refractivity contribution is -0.885. The Kier molecular flexibility index (Phi) is 6.37. The maximum absolute atomic E-state index is 12.6. The summed E-state index contributed by atoms with van der Waals surface area (Å²) in [6.45, 7) is 6.48. The molecule has 0 radical (unpaired) electrons. The molecule has 24 heavy (non-hydrogen) atoms. The summed E-state index contributed by atoms with van der Waals surface area (Å²) in [4.78, 5) is 25.4. The molecule has 0 aliphatic heterocycles. The number of hydrogen-bond donors (Lipinski definition) is 3. The first-order chi connectivity index (χ1) is 11.4. The van der Waals surface area contributed by atoms with Crippen LogP contribution >= 0.6 is 0 Å². The number of para-hydroxylation sites is 1. The van der Waals surface area contributed by atoms with E-state index in [1.165, 1.54) is 0 Å². The first-order valence-corrected chi connectivity index (χ1v) is 8.93. The van der Waals surface area contributed by atoms with Gasteiger partial charge < -0.3 is 15.5 Å². The minimum Gasteiger partial charge on any atom is -0.348 e. The van der Waals surface area contributed by atoms with Crippen molar-refractivity contribution in [1.82, 2.24) is 5.32 Å². The number of nitrogens with one attached hydrogen (secondary N) is 3. The summed E-state index contributed by atoms with van der Waals surface area (Å²) in [5.74, 6) is 0.364. The lowest BCUT2D eigenvalue weighted by Crippen LogP contribution is -3.15. The Morgan fingerprint density at radius 1 is 1.25 bits per heavy atom. The zero-order valence-corrected chi connectivity index (χ0v) is 15.2. The lowest BCUT2D eigenvalue weighted by atomic mass is 9.97. The SMILES string of the molecule is CC[C@@H](C)c1ccccc1NC(=O)[C@H](C)[NH+](C)CC(=O)NC1CC1. The van der Waals surface area contributed by atoms with Crippen LogP contribution in [-0.4, -0.2) is 37.5 Å². The van der Waals surface area contributed by atoms with E-state index in [-0.39, 0.29) is 17.9 Å². The van der Waals surface area contributed by atoms with Crippen LogP contribution in [0.25, 0.3) is 0 Å². The Balaban J connectivity index is 1.94. The Morgan fingerprint density at radius 3 is 2.54 bits per heavy atom. The van der Waals surface area contributed by atoms with Crippen molar-refractivity contribution in [2.75, 3.05) is 18.9 Å². The quantitative estimate of drug-likeness (QED) is 0.672. The van der Waals surface area contributed by atoms with Crippen LogP contribution in [0.4, 0.5) is 5.69 Å². The molecular weight excluding hydrogens is 302 g/mol. The van der Waals surface area contributed by atoms with Gasteiger partial charge in [0, 0.05) is 11.7 Å². The van der Waals surface area contributed by atoms with Crippen molar-refractivity contribution in [1.29, 1.82) is 0 Å². The monoisotopic (exact) mass is 332 g/mol. The smallest absolute Gasteiger partial charge is 0.282 e. The van der Waals surface area contributed by atoms with Crippen molar-refractivity contribution >= 4 is 17.5 Å². The summed E-state index contributed by atoms with van der Waals surface area (Å²) >= 11 is 0. The van der Waals surface area contributed by atoms with Crippen molar-refractivity contribution < 1.29 is 14.5 Å². The van der Waals surface area contributed by atoms with Crippen LogP contribution in [0, 0.1) is 0 Å². The molecule has 1 fully saturated rings. The van der Waals surface area contributed by atoms with Crippen LogP contribution < -0.4 is 15.5 Å². The average Bonchev–Trinajstić information content (AvgIpc) is 3.37. The molecule has 5 nitrogen and oxygen atoms in total. The van der Waals surface area contributed by atoms with E-state index in [1.54, 1.807) is 0 Å². The van der Waals surface area contributed by atoms with Gasteiger partial charge in [-0.1, -0.05) is 32.0 Å². The average molecular weight is 332 g/mol. The molecule has 2 amide bonds. The minimum atomic E-state index is -0.292. The van der Waals surface area contributed by atoms with Crippen LogP contribution in [0.15, 0.2) is 24.3 Å². The van der Waals surface area contributed by atoms with E-state index < -0.39 is 0 Å². The molecule has 0 aromatic heterocycles. The normalized spacial score (nSPS) is 17.7. The highest BCUT2D eigenvalue weighted by Crippen LogP contribution is 2.26. The van der Waals surface area contributed by atoms with E-state index in [0.717, 1.165) is 35.4 Å². The van der Waals surface area contributed by atoms with Crippen molar-refractivity contribution in [3.8, 4) is 0 Å². The molecule has 0 saturated heterocycles. The molecule has 1 aromatic rings. The fraction of sp³-hybridized carbons (Fsp3) is 0.579. The second-order valence-electron chi connectivity index (χ2n) is 6.97. The third-order valence-electron chi connectivity index (χ3n) is 4.88. The fourth-order valence-corrected chi connectivity index (χ4v) is 2.64. The second-order valence-corrected chi connectivity index (χ2v) is 6.97. The number of anilines is 1. The van der Waals surface area contributed by atoms with Gasteiger partial charge in [-0.05, 0) is 43.7 Å². The summed E-state index contributed by atoms with van der Waals surface area (Å²) in [5.41, 5.74) is 2.03. The Hall–Kier alpha value is -1.88. The third kappa shape index (κ3) is 5.06. The first kappa shape index (κ1) is 18.5. The molecule has 1 aliphatic carbocycles. The topological polar surface area (TPSA) is 62.6 Å². The van der Waals surface area contributed by atoms with Gasteiger partial charge in [0.1, 0.15) is 0 Å². The van der Waals surface area contributed by atoms with Crippen LogP contribution in [0.2, 0.25) is 0 Å². The number of benzene rings is 1. The number of carbonyl (C=O) groups excluding carboxylic acids is 2. The molecule has 1 aliphatic rings. The molecule has 1 unspecified atom stereocenters. The number of quaternary nitrogens is 1. The molecule has 1 saturated carbocycles. The van der Waals surface area contributed by atoms with Crippen LogP contribution in [0.1, 0.15) is 51.5 Å². The molecule has 2 rings (SSSR count). The van der Waals surface area contributed by atoms with E-state index in [9.17, 15) is 9.59 Å². The van der Waals surface area contributed by atoms with Crippen LogP contribution in [0.3, 0.4) is 0 Å². The number of likely N-dealkylation sites (N-methyl/N-ethyl adjacent to an activating group) is 1. The van der Waals surface area contributed by atoms with Crippen molar-refractivity contribution in [3.63, 3.8) is 0 Å². The second kappa shape index (κ2) is 8.29. The van der Waals surface area contributed by atoms with Crippen molar-refractivity contribution in [3.05, 3.63) is 29.8 Å². The lowest BCUT2D eigenvalue weighted by Gasteiger charge is -2.22. The highest BCUT2D eigenvalue weighted by molar-refractivity contribution is 5.94. The summed E-state index contributed by atoms with van der Waals surface area (Å²) in [6, 6.07) is 8.01. The predicted octanol–water partition coefficient (Wildman–Crippen LogP) is 1.32. The Morgan fingerprint density at radius 2 is 1.92 bits per heavy atom. The fourth-order valence-electron chi connectivity index (χ4n) is 2.64. The summed E-state index contributed by atoms with van der Waals surface area (Å²) < 4.78 is 0. The van der Waals surface area contributed by atoms with Crippen LogP contribution in [-0.2, 0) is 9.59 Å². The summed E-state index contributed by atoms with van der Waals surface area (Å²) in [7, 11) is 1.89. The van der Waals surface area contributed by atoms with Gasteiger partial charge in [0.05, 0.1) is 7.05 Å². The zero-order chi connectivity index (χ0) is 17.7. The van der Waals surface area contributed by atoms with Gasteiger partial charge >= 0.3 is 0 Å². The number of hydrogen-bond acceptors (Lipinski definition) is 2. The van der Waals surface area contributed by atoms with Gasteiger partial charge in [0.25, 0.3) is 11.8 Å². The largest absolute Gasteiger partial charge is 0.348 e. The zero-order valence-electron chi connectivity index (χ0n) is 15.2. The Labute approximate surface area is 144 Å². The minimum absolute atomic E-state index is 0.0228. The predicted molar refractivity (Wildman–Crippen MR) is 96.2 cm³/mol. The number of amides is 2. The number of carbonyl (C=O) groups is 2. The molecule has 0 heterocycles. The van der Waals surface area contributed by atoms with E-state index in [4.69, 9.17) is 0 Å². The third-order valence-corrected chi connectivity index (χ3v) is 4.88. The highest BCUT2D eigenvalue weighted by Gasteiger charge is 2.28. The summed E-state index contributed by atoms with van der Waals surface area (Å²) in [5, 5.41) is 6.01.